The topological polar surface area (TPSA) is 112 Å². The fourth-order valence-electron chi connectivity index (χ4n) is 2.56. The van der Waals surface area contributed by atoms with Crippen LogP contribution in [0.1, 0.15) is 20.8 Å². The number of nitrogens with zero attached hydrogens (tertiary/aromatic N) is 4. The van der Waals surface area contributed by atoms with Gasteiger partial charge in [-0.1, -0.05) is 13.8 Å². The summed E-state index contributed by atoms with van der Waals surface area (Å²) >= 11 is 3.53. The van der Waals surface area contributed by atoms with E-state index in [1.54, 1.807) is 24.5 Å². The summed E-state index contributed by atoms with van der Waals surface area (Å²) in [6, 6.07) is 5.43. The normalized spacial score (nSPS) is 15.8. The van der Waals surface area contributed by atoms with E-state index in [1.807, 2.05) is 13.8 Å². The van der Waals surface area contributed by atoms with Crippen LogP contribution in [0, 0.1) is 0 Å². The van der Waals surface area contributed by atoms with Gasteiger partial charge in [0.25, 0.3) is 0 Å². The molecule has 0 bridgehead atoms. The van der Waals surface area contributed by atoms with Crippen molar-refractivity contribution in [1.29, 1.82) is 0 Å². The summed E-state index contributed by atoms with van der Waals surface area (Å²) in [5.41, 5.74) is 12.5. The van der Waals surface area contributed by atoms with Gasteiger partial charge in [-0.15, -0.1) is 0 Å². The number of aromatic nitrogens is 3. The van der Waals surface area contributed by atoms with Crippen molar-refractivity contribution >= 4 is 30.1 Å². The quantitative estimate of drug-likeness (QED) is 0.681. The number of nitrogen functional groups attached to an aromatic ring is 2. The molecule has 8 nitrogen and oxygen atoms in total. The van der Waals surface area contributed by atoms with Crippen LogP contribution in [0.15, 0.2) is 18.2 Å². The first-order valence-electron chi connectivity index (χ1n) is 8.82. The number of hydrogen-bond acceptors (Lipinski definition) is 9. The third kappa shape index (κ3) is 6.14. The molecule has 0 saturated carbocycles. The van der Waals surface area contributed by atoms with Crippen molar-refractivity contribution in [3.63, 3.8) is 0 Å². The van der Waals surface area contributed by atoms with Gasteiger partial charge in [-0.25, -0.2) is 9.97 Å². The highest BCUT2D eigenvalue weighted by Crippen LogP contribution is 2.26. The van der Waals surface area contributed by atoms with Crippen LogP contribution < -0.4 is 21.1 Å². The zero-order chi connectivity index (χ0) is 20.4. The molecular formula is C18H30N6O2S. The van der Waals surface area contributed by atoms with Gasteiger partial charge >= 0.3 is 0 Å². The van der Waals surface area contributed by atoms with Crippen molar-refractivity contribution in [3.8, 4) is 17.3 Å². The maximum atomic E-state index is 5.97. The standard InChI is InChI=1S/C15H20N6O2.C2H6.CH4S/c1-9-8-23-4-3-21(9)13-7-12(17)19-15(20-13)10-5-11(16)18-14(6-10)22-2;2*1-2/h5-7,9H,3-4,8H2,1-2H3,(H2,16,18)(H2,17,19,20);1-2H3;2H,1H3. The molecule has 27 heavy (non-hydrogen) atoms. The number of thiol groups is 1. The van der Waals surface area contributed by atoms with Crippen molar-refractivity contribution in [2.75, 3.05) is 49.5 Å². The number of anilines is 3. The summed E-state index contributed by atoms with van der Waals surface area (Å²) < 4.78 is 10.6. The monoisotopic (exact) mass is 394 g/mol. The molecule has 1 saturated heterocycles. The van der Waals surface area contributed by atoms with Crippen LogP contribution >= 0.6 is 12.6 Å². The molecule has 3 rings (SSSR count). The van der Waals surface area contributed by atoms with E-state index in [0.717, 1.165) is 12.4 Å². The first-order valence-corrected chi connectivity index (χ1v) is 9.72. The number of methoxy groups -OCH3 is 1. The molecule has 150 valence electrons. The van der Waals surface area contributed by atoms with Crippen LogP contribution in [-0.4, -0.2) is 54.1 Å². The van der Waals surface area contributed by atoms with E-state index in [0.29, 0.717) is 42.1 Å². The van der Waals surface area contributed by atoms with Crippen molar-refractivity contribution in [2.24, 2.45) is 0 Å². The molecule has 0 amide bonds. The van der Waals surface area contributed by atoms with E-state index in [4.69, 9.17) is 20.9 Å². The zero-order valence-electron chi connectivity index (χ0n) is 16.6. The van der Waals surface area contributed by atoms with Crippen LogP contribution in [0.3, 0.4) is 0 Å². The second-order valence-corrected chi connectivity index (χ2v) is 5.41. The zero-order valence-corrected chi connectivity index (χ0v) is 17.5. The molecular weight excluding hydrogens is 364 g/mol. The Kier molecular flexibility index (Phi) is 9.66. The Balaban J connectivity index is 0.000000855. The molecule has 1 aliphatic rings. The van der Waals surface area contributed by atoms with Gasteiger partial charge in [0, 0.05) is 24.2 Å². The highest BCUT2D eigenvalue weighted by molar-refractivity contribution is 7.79. The highest BCUT2D eigenvalue weighted by Gasteiger charge is 2.21. The number of morpholine rings is 1. The van der Waals surface area contributed by atoms with Crippen molar-refractivity contribution < 1.29 is 9.47 Å². The summed E-state index contributed by atoms with van der Waals surface area (Å²) in [4.78, 5) is 15.2. The van der Waals surface area contributed by atoms with E-state index in [9.17, 15) is 0 Å². The second kappa shape index (κ2) is 11.5. The Morgan fingerprint density at radius 1 is 1.11 bits per heavy atom. The van der Waals surface area contributed by atoms with Crippen LogP contribution in [0.2, 0.25) is 0 Å². The lowest BCUT2D eigenvalue weighted by molar-refractivity contribution is 0.0985. The van der Waals surface area contributed by atoms with Crippen molar-refractivity contribution in [3.05, 3.63) is 18.2 Å². The lowest BCUT2D eigenvalue weighted by atomic mass is 10.2. The van der Waals surface area contributed by atoms with E-state index < -0.39 is 0 Å². The molecule has 0 spiro atoms. The molecule has 1 unspecified atom stereocenters. The third-order valence-electron chi connectivity index (χ3n) is 3.68. The van der Waals surface area contributed by atoms with Gasteiger partial charge in [-0.05, 0) is 19.2 Å². The van der Waals surface area contributed by atoms with E-state index in [-0.39, 0.29) is 6.04 Å². The summed E-state index contributed by atoms with van der Waals surface area (Å²) in [5, 5.41) is 0. The van der Waals surface area contributed by atoms with Crippen molar-refractivity contribution in [2.45, 2.75) is 26.8 Å². The lowest BCUT2D eigenvalue weighted by Gasteiger charge is -2.34. The second-order valence-electron chi connectivity index (χ2n) is 5.41. The average molecular weight is 395 g/mol. The van der Waals surface area contributed by atoms with Gasteiger partial charge in [0.1, 0.15) is 17.5 Å². The number of nitrogens with two attached hydrogens (primary N) is 2. The maximum Gasteiger partial charge on any atom is 0.215 e. The summed E-state index contributed by atoms with van der Waals surface area (Å²) in [7, 11) is 1.53. The van der Waals surface area contributed by atoms with Crippen LogP contribution in [0.5, 0.6) is 5.88 Å². The molecule has 9 heteroatoms. The SMILES string of the molecule is CC.COc1cc(-c2nc(N)cc(N3CCOCC3C)n2)cc(N)n1.CS. The molecule has 4 N–H and O–H groups in total. The summed E-state index contributed by atoms with van der Waals surface area (Å²) in [6.07, 6.45) is 1.69. The van der Waals surface area contributed by atoms with E-state index in [2.05, 4.69) is 39.4 Å². The molecule has 2 aromatic heterocycles. The molecule has 0 aromatic carbocycles. The molecule has 1 aliphatic heterocycles. The minimum atomic E-state index is 0.225. The average Bonchev–Trinajstić information content (AvgIpc) is 2.70. The molecule has 0 aliphatic carbocycles. The van der Waals surface area contributed by atoms with Crippen LogP contribution in [0.25, 0.3) is 11.4 Å². The van der Waals surface area contributed by atoms with Crippen LogP contribution in [-0.2, 0) is 4.74 Å². The van der Waals surface area contributed by atoms with Gasteiger partial charge in [0.05, 0.1) is 26.4 Å². The summed E-state index contributed by atoms with van der Waals surface area (Å²) in [5.74, 6) is 2.42. The Labute approximate surface area is 166 Å². The fraction of sp³-hybridized carbons (Fsp3) is 0.500. The first kappa shape index (κ1) is 22.8. The van der Waals surface area contributed by atoms with Gasteiger partial charge < -0.3 is 25.8 Å². The number of rotatable bonds is 3. The molecule has 1 atom stereocenters. The van der Waals surface area contributed by atoms with Crippen LogP contribution in [0.4, 0.5) is 17.5 Å². The first-order chi connectivity index (χ1) is 13.1. The van der Waals surface area contributed by atoms with Gasteiger partial charge in [-0.3, -0.25) is 0 Å². The number of pyridine rings is 1. The van der Waals surface area contributed by atoms with Gasteiger partial charge in [0.15, 0.2) is 5.82 Å². The minimum Gasteiger partial charge on any atom is -0.481 e. The number of hydrogen-bond donors (Lipinski definition) is 3. The molecule has 2 aromatic rings. The predicted octanol–water partition coefficient (Wildman–Crippen LogP) is 2.51. The Morgan fingerprint density at radius 2 is 1.78 bits per heavy atom. The van der Waals surface area contributed by atoms with Crippen molar-refractivity contribution in [1.82, 2.24) is 15.0 Å². The largest absolute Gasteiger partial charge is 0.481 e. The molecule has 0 radical (unpaired) electrons. The number of ether oxygens (including phenoxy) is 2. The Morgan fingerprint density at radius 3 is 2.41 bits per heavy atom. The van der Waals surface area contributed by atoms with Gasteiger partial charge in [0.2, 0.25) is 5.88 Å². The van der Waals surface area contributed by atoms with Gasteiger partial charge in [-0.2, -0.15) is 17.6 Å². The Bertz CT molecular complexity index is 716. The van der Waals surface area contributed by atoms with E-state index >= 15 is 0 Å². The minimum absolute atomic E-state index is 0.225. The lowest BCUT2D eigenvalue weighted by Crippen LogP contribution is -2.44. The predicted molar refractivity (Wildman–Crippen MR) is 115 cm³/mol. The summed E-state index contributed by atoms with van der Waals surface area (Å²) in [6.45, 7) is 8.18. The smallest absolute Gasteiger partial charge is 0.215 e. The highest BCUT2D eigenvalue weighted by atomic mass is 32.1. The molecule has 1 fully saturated rings. The Hall–Kier alpha value is -2.26. The fourth-order valence-corrected chi connectivity index (χ4v) is 2.56. The third-order valence-corrected chi connectivity index (χ3v) is 3.68. The van der Waals surface area contributed by atoms with E-state index in [1.165, 1.54) is 7.11 Å². The molecule has 3 heterocycles. The maximum absolute atomic E-state index is 5.97.